The molecule has 1 aromatic rings. The third-order valence-electron chi connectivity index (χ3n) is 3.62. The number of imide groups is 1. The summed E-state index contributed by atoms with van der Waals surface area (Å²) in [4.78, 5) is 35.1. The molecular formula is C13H12N2O3. The number of piperidine rings is 2. The summed E-state index contributed by atoms with van der Waals surface area (Å²) in [5.74, 6) is -1.03. The highest BCUT2D eigenvalue weighted by Gasteiger charge is 2.58. The van der Waals surface area contributed by atoms with Crippen LogP contribution in [0.1, 0.15) is 23.2 Å². The minimum Gasteiger partial charge on any atom is -0.338 e. The third-order valence-corrected chi connectivity index (χ3v) is 3.62. The van der Waals surface area contributed by atoms with Crippen molar-refractivity contribution in [1.82, 2.24) is 10.6 Å². The van der Waals surface area contributed by atoms with Gasteiger partial charge in [-0.2, -0.15) is 0 Å². The van der Waals surface area contributed by atoms with Gasteiger partial charge in [0, 0.05) is 11.5 Å². The lowest BCUT2D eigenvalue weighted by molar-refractivity contribution is -0.152. The molecule has 3 amide bonds. The van der Waals surface area contributed by atoms with Gasteiger partial charge in [-0.3, -0.25) is 19.7 Å². The van der Waals surface area contributed by atoms with Crippen LogP contribution in [0.5, 0.6) is 0 Å². The Morgan fingerprint density at radius 3 is 2.50 bits per heavy atom. The van der Waals surface area contributed by atoms with Gasteiger partial charge in [-0.05, 0) is 25.0 Å². The molecule has 2 saturated heterocycles. The van der Waals surface area contributed by atoms with Crippen molar-refractivity contribution >= 4 is 17.7 Å². The average Bonchev–Trinajstić information content (AvgIpc) is 2.32. The molecule has 0 aromatic heterocycles. The summed E-state index contributed by atoms with van der Waals surface area (Å²) in [5.41, 5.74) is -0.370. The monoisotopic (exact) mass is 244 g/mol. The average molecular weight is 244 g/mol. The van der Waals surface area contributed by atoms with Crippen molar-refractivity contribution in [2.24, 2.45) is 5.92 Å². The minimum absolute atomic E-state index is 0.140. The summed E-state index contributed by atoms with van der Waals surface area (Å²) >= 11 is 0. The first kappa shape index (κ1) is 11.0. The SMILES string of the molecule is O=C(NC12CC(C1)C(=O)NC2=O)c1ccccc1. The lowest BCUT2D eigenvalue weighted by Gasteiger charge is -2.49. The Labute approximate surface area is 104 Å². The van der Waals surface area contributed by atoms with Gasteiger partial charge in [0.2, 0.25) is 5.91 Å². The first-order valence-corrected chi connectivity index (χ1v) is 5.84. The van der Waals surface area contributed by atoms with Gasteiger partial charge in [-0.25, -0.2) is 0 Å². The molecule has 1 aliphatic carbocycles. The maximum Gasteiger partial charge on any atom is 0.252 e. The van der Waals surface area contributed by atoms with Crippen LogP contribution in [0.2, 0.25) is 0 Å². The van der Waals surface area contributed by atoms with Crippen LogP contribution < -0.4 is 10.6 Å². The largest absolute Gasteiger partial charge is 0.338 e. The van der Waals surface area contributed by atoms with E-state index in [1.54, 1.807) is 24.3 Å². The Morgan fingerprint density at radius 2 is 1.89 bits per heavy atom. The molecule has 1 saturated carbocycles. The maximum absolute atomic E-state index is 12.0. The number of benzene rings is 1. The number of rotatable bonds is 2. The molecule has 2 bridgehead atoms. The number of fused-ring (bicyclic) bond motifs is 2. The third kappa shape index (κ3) is 1.51. The molecule has 5 heteroatoms. The Kier molecular flexibility index (Phi) is 2.23. The number of amides is 3. The van der Waals surface area contributed by atoms with Gasteiger partial charge < -0.3 is 5.32 Å². The Hall–Kier alpha value is -2.17. The lowest BCUT2D eigenvalue weighted by atomic mass is 9.64. The van der Waals surface area contributed by atoms with Gasteiger partial charge in [0.1, 0.15) is 5.54 Å². The van der Waals surface area contributed by atoms with Crippen molar-refractivity contribution in [3.05, 3.63) is 35.9 Å². The van der Waals surface area contributed by atoms with Crippen LogP contribution in [0.15, 0.2) is 30.3 Å². The fourth-order valence-corrected chi connectivity index (χ4v) is 2.52. The summed E-state index contributed by atoms with van der Waals surface area (Å²) in [6.45, 7) is 0. The van der Waals surface area contributed by atoms with E-state index in [9.17, 15) is 14.4 Å². The molecule has 3 aliphatic rings. The number of hydrogen-bond donors (Lipinski definition) is 2. The van der Waals surface area contributed by atoms with Crippen molar-refractivity contribution in [2.45, 2.75) is 18.4 Å². The normalized spacial score (nSPS) is 29.2. The summed E-state index contributed by atoms with van der Waals surface area (Å²) < 4.78 is 0. The number of carbonyl (C=O) groups is 3. The zero-order valence-electron chi connectivity index (χ0n) is 9.60. The summed E-state index contributed by atoms with van der Waals surface area (Å²) in [5, 5.41) is 5.03. The molecule has 0 radical (unpaired) electrons. The molecule has 18 heavy (non-hydrogen) atoms. The molecule has 2 aliphatic heterocycles. The zero-order chi connectivity index (χ0) is 12.8. The van der Waals surface area contributed by atoms with Crippen molar-refractivity contribution in [3.63, 3.8) is 0 Å². The number of carbonyl (C=O) groups excluding carboxylic acids is 3. The molecular weight excluding hydrogens is 232 g/mol. The molecule has 3 fully saturated rings. The fraction of sp³-hybridized carbons (Fsp3) is 0.308. The van der Waals surface area contributed by atoms with E-state index < -0.39 is 5.54 Å². The first-order chi connectivity index (χ1) is 8.61. The second-order valence-electron chi connectivity index (χ2n) is 4.83. The van der Waals surface area contributed by atoms with Crippen LogP contribution in [0, 0.1) is 5.92 Å². The van der Waals surface area contributed by atoms with E-state index in [0.717, 1.165) is 0 Å². The number of hydrogen-bond acceptors (Lipinski definition) is 3. The summed E-state index contributed by atoms with van der Waals surface area (Å²) in [7, 11) is 0. The van der Waals surface area contributed by atoms with Crippen molar-refractivity contribution in [3.8, 4) is 0 Å². The molecule has 2 heterocycles. The van der Waals surface area contributed by atoms with Gasteiger partial charge in [0.05, 0.1) is 0 Å². The van der Waals surface area contributed by atoms with E-state index >= 15 is 0 Å². The van der Waals surface area contributed by atoms with Gasteiger partial charge >= 0.3 is 0 Å². The van der Waals surface area contributed by atoms with Crippen molar-refractivity contribution < 1.29 is 14.4 Å². The predicted octanol–water partition coefficient (Wildman–Crippen LogP) is 0.222. The number of nitrogens with one attached hydrogen (secondary N) is 2. The van der Waals surface area contributed by atoms with Crippen LogP contribution in [-0.4, -0.2) is 23.3 Å². The Bertz CT molecular complexity index is 532. The Balaban J connectivity index is 1.77. The van der Waals surface area contributed by atoms with E-state index in [4.69, 9.17) is 0 Å². The molecule has 0 atom stereocenters. The molecule has 0 spiro atoms. The second-order valence-corrected chi connectivity index (χ2v) is 4.83. The van der Waals surface area contributed by atoms with Crippen LogP contribution in [0.25, 0.3) is 0 Å². The predicted molar refractivity (Wildman–Crippen MR) is 62.5 cm³/mol. The standard InChI is InChI=1S/C13H12N2O3/c16-10-9-6-13(7-9,12(18)14-10)15-11(17)8-4-2-1-3-5-8/h1-5,9H,6-7H2,(H,15,17)(H,14,16,18). The quantitative estimate of drug-likeness (QED) is 0.731. The van der Waals surface area contributed by atoms with Gasteiger partial charge in [0.25, 0.3) is 11.8 Å². The van der Waals surface area contributed by atoms with Gasteiger partial charge in [0.15, 0.2) is 0 Å². The zero-order valence-corrected chi connectivity index (χ0v) is 9.60. The van der Waals surface area contributed by atoms with E-state index in [1.165, 1.54) is 0 Å². The van der Waals surface area contributed by atoms with Crippen molar-refractivity contribution in [2.75, 3.05) is 0 Å². The van der Waals surface area contributed by atoms with Gasteiger partial charge in [-0.15, -0.1) is 0 Å². The second kappa shape index (κ2) is 3.66. The lowest BCUT2D eigenvalue weighted by Crippen LogP contribution is -2.73. The van der Waals surface area contributed by atoms with Crippen LogP contribution in [0.4, 0.5) is 0 Å². The summed E-state index contributed by atoms with van der Waals surface area (Å²) in [6.07, 6.45) is 0.826. The van der Waals surface area contributed by atoms with Crippen LogP contribution in [-0.2, 0) is 9.59 Å². The van der Waals surface area contributed by atoms with E-state index in [2.05, 4.69) is 10.6 Å². The Morgan fingerprint density at radius 1 is 1.22 bits per heavy atom. The fourth-order valence-electron chi connectivity index (χ4n) is 2.52. The molecule has 0 unspecified atom stereocenters. The maximum atomic E-state index is 12.0. The highest BCUT2D eigenvalue weighted by atomic mass is 16.2. The first-order valence-electron chi connectivity index (χ1n) is 5.84. The topological polar surface area (TPSA) is 75.3 Å². The van der Waals surface area contributed by atoms with E-state index in [-0.39, 0.29) is 23.6 Å². The van der Waals surface area contributed by atoms with Gasteiger partial charge in [-0.1, -0.05) is 18.2 Å². The van der Waals surface area contributed by atoms with Crippen LogP contribution in [0.3, 0.4) is 0 Å². The molecule has 1 aromatic carbocycles. The van der Waals surface area contributed by atoms with Crippen LogP contribution >= 0.6 is 0 Å². The molecule has 2 N–H and O–H groups in total. The van der Waals surface area contributed by atoms with E-state index in [1.807, 2.05) is 6.07 Å². The highest BCUT2D eigenvalue weighted by molar-refractivity contribution is 6.09. The molecule has 92 valence electrons. The van der Waals surface area contributed by atoms with Crippen molar-refractivity contribution in [1.29, 1.82) is 0 Å². The molecule has 5 nitrogen and oxygen atoms in total. The molecule has 4 rings (SSSR count). The highest BCUT2D eigenvalue weighted by Crippen LogP contribution is 2.41. The minimum atomic E-state index is -0.883. The smallest absolute Gasteiger partial charge is 0.252 e. The van der Waals surface area contributed by atoms with E-state index in [0.29, 0.717) is 18.4 Å². The summed E-state index contributed by atoms with van der Waals surface area (Å²) in [6, 6.07) is 8.73.